The van der Waals surface area contributed by atoms with Crippen molar-refractivity contribution in [2.45, 2.75) is 38.0 Å². The summed E-state index contributed by atoms with van der Waals surface area (Å²) in [6.07, 6.45) is 5.01. The van der Waals surface area contributed by atoms with Crippen molar-refractivity contribution in [2.75, 3.05) is 20.3 Å². The van der Waals surface area contributed by atoms with E-state index < -0.39 is 5.60 Å². The van der Waals surface area contributed by atoms with Crippen LogP contribution in [0.25, 0.3) is 0 Å². The van der Waals surface area contributed by atoms with Gasteiger partial charge in [-0.25, -0.2) is 4.39 Å². The minimum absolute atomic E-state index is 0.242. The molecule has 0 spiro atoms. The number of ether oxygens (including phenoxy) is 1. The van der Waals surface area contributed by atoms with Crippen molar-refractivity contribution >= 4 is 0 Å². The molecule has 4 nitrogen and oxygen atoms in total. The summed E-state index contributed by atoms with van der Waals surface area (Å²) in [7, 11) is 1.68. The lowest BCUT2D eigenvalue weighted by molar-refractivity contribution is 0.0186. The Bertz CT molecular complexity index is 729. The first-order valence-corrected chi connectivity index (χ1v) is 9.50. The van der Waals surface area contributed by atoms with Gasteiger partial charge in [-0.3, -0.25) is 4.90 Å². The van der Waals surface area contributed by atoms with Gasteiger partial charge in [0.2, 0.25) is 0 Å². The van der Waals surface area contributed by atoms with Crippen LogP contribution >= 0.6 is 0 Å². The number of hydrogen-bond donors (Lipinski definition) is 1. The van der Waals surface area contributed by atoms with Gasteiger partial charge in [0.1, 0.15) is 22.9 Å². The Morgan fingerprint density at radius 1 is 1.11 bits per heavy atom. The molecule has 0 unspecified atom stereocenters. The Morgan fingerprint density at radius 2 is 1.79 bits per heavy atom. The van der Waals surface area contributed by atoms with E-state index in [1.807, 2.05) is 12.1 Å². The maximum absolute atomic E-state index is 13.2. The third-order valence-electron chi connectivity index (χ3n) is 4.61. The normalized spacial score (nSPS) is 11.7. The minimum Gasteiger partial charge on any atom is -0.462 e. The van der Waals surface area contributed by atoms with Crippen molar-refractivity contribution < 1.29 is 18.7 Å². The zero-order valence-electron chi connectivity index (χ0n) is 16.6. The van der Waals surface area contributed by atoms with E-state index in [9.17, 15) is 9.50 Å². The lowest BCUT2D eigenvalue weighted by atomic mass is 9.93. The number of nitrogens with zero attached hydrogens (tertiary/aromatic N) is 1. The SMILES string of the molecule is C=CCC(O)(CC=C)c1ccc(CN(CCCOC)Cc2ccc(F)cc2)o1. The molecular weight excluding hydrogens is 357 g/mol. The first kappa shape index (κ1) is 22.1. The number of rotatable bonds is 13. The lowest BCUT2D eigenvalue weighted by Crippen LogP contribution is -2.25. The summed E-state index contributed by atoms with van der Waals surface area (Å²) >= 11 is 0. The van der Waals surface area contributed by atoms with Crippen LogP contribution in [0.2, 0.25) is 0 Å². The van der Waals surface area contributed by atoms with Crippen LogP contribution in [0.4, 0.5) is 4.39 Å². The first-order chi connectivity index (χ1) is 13.5. The molecule has 2 rings (SSSR count). The molecule has 0 saturated carbocycles. The summed E-state index contributed by atoms with van der Waals surface area (Å²) < 4.78 is 24.3. The van der Waals surface area contributed by atoms with Crippen LogP contribution in [-0.4, -0.2) is 30.3 Å². The van der Waals surface area contributed by atoms with E-state index in [-0.39, 0.29) is 5.82 Å². The summed E-state index contributed by atoms with van der Waals surface area (Å²) in [5.41, 5.74) is -0.0972. The minimum atomic E-state index is -1.13. The van der Waals surface area contributed by atoms with Gasteiger partial charge in [-0.15, -0.1) is 13.2 Å². The van der Waals surface area contributed by atoms with Crippen molar-refractivity contribution in [3.8, 4) is 0 Å². The monoisotopic (exact) mass is 387 g/mol. The zero-order chi connectivity index (χ0) is 20.4. The maximum Gasteiger partial charge on any atom is 0.136 e. The van der Waals surface area contributed by atoms with Crippen LogP contribution in [-0.2, 0) is 23.4 Å². The van der Waals surface area contributed by atoms with Gasteiger partial charge in [0, 0.05) is 39.6 Å². The van der Waals surface area contributed by atoms with E-state index >= 15 is 0 Å². The standard InChI is InChI=1S/C23H30FNO3/c1-4-13-23(26,14-5-2)22-12-11-21(28-22)18-25(15-6-16-27-3)17-19-7-9-20(24)10-8-19/h4-5,7-12,26H,1-2,6,13-18H2,3H3. The molecule has 5 heteroatoms. The average Bonchev–Trinajstić information content (AvgIpc) is 3.13. The molecule has 0 aliphatic carbocycles. The Hall–Kier alpha value is -2.21. The highest BCUT2D eigenvalue weighted by Gasteiger charge is 2.30. The molecule has 0 saturated heterocycles. The summed E-state index contributed by atoms with van der Waals surface area (Å²) in [6.45, 7) is 10.2. The van der Waals surface area contributed by atoms with Gasteiger partial charge in [0.25, 0.3) is 0 Å². The topological polar surface area (TPSA) is 45.8 Å². The quantitative estimate of drug-likeness (QED) is 0.396. The Morgan fingerprint density at radius 3 is 2.39 bits per heavy atom. The van der Waals surface area contributed by atoms with E-state index in [1.165, 1.54) is 12.1 Å². The number of aliphatic hydroxyl groups is 1. The molecule has 0 bridgehead atoms. The number of methoxy groups -OCH3 is 1. The molecule has 0 aliphatic rings. The largest absolute Gasteiger partial charge is 0.462 e. The molecule has 0 radical (unpaired) electrons. The molecule has 1 aromatic heterocycles. The van der Waals surface area contributed by atoms with Crippen LogP contribution in [0, 0.1) is 5.82 Å². The summed E-state index contributed by atoms with van der Waals surface area (Å²) in [6, 6.07) is 10.2. The second-order valence-electron chi connectivity index (χ2n) is 6.97. The Balaban J connectivity index is 2.12. The van der Waals surface area contributed by atoms with Crippen molar-refractivity contribution in [3.63, 3.8) is 0 Å². The van der Waals surface area contributed by atoms with E-state index in [2.05, 4.69) is 18.1 Å². The summed E-state index contributed by atoms with van der Waals surface area (Å²) in [5.74, 6) is 1.04. The third-order valence-corrected chi connectivity index (χ3v) is 4.61. The summed E-state index contributed by atoms with van der Waals surface area (Å²) in [4.78, 5) is 2.22. The van der Waals surface area contributed by atoms with Gasteiger partial charge in [-0.05, 0) is 36.2 Å². The highest BCUT2D eigenvalue weighted by molar-refractivity contribution is 5.18. The van der Waals surface area contributed by atoms with Crippen molar-refractivity contribution in [3.05, 3.63) is 84.6 Å². The van der Waals surface area contributed by atoms with E-state index in [0.29, 0.717) is 38.3 Å². The molecule has 0 atom stereocenters. The van der Waals surface area contributed by atoms with Gasteiger partial charge >= 0.3 is 0 Å². The van der Waals surface area contributed by atoms with Crippen LogP contribution in [0.3, 0.4) is 0 Å². The summed E-state index contributed by atoms with van der Waals surface area (Å²) in [5, 5.41) is 10.9. The molecule has 0 amide bonds. The predicted octanol–water partition coefficient (Wildman–Crippen LogP) is 4.80. The van der Waals surface area contributed by atoms with E-state index in [0.717, 1.165) is 24.3 Å². The number of halogens is 1. The molecule has 1 aromatic carbocycles. The molecule has 28 heavy (non-hydrogen) atoms. The Kier molecular flexibility index (Phi) is 8.64. The average molecular weight is 387 g/mol. The van der Waals surface area contributed by atoms with Crippen molar-refractivity contribution in [2.24, 2.45) is 0 Å². The third kappa shape index (κ3) is 6.44. The second kappa shape index (κ2) is 11.0. The molecule has 1 N–H and O–H groups in total. The molecule has 0 aliphatic heterocycles. The van der Waals surface area contributed by atoms with E-state index in [4.69, 9.17) is 9.15 Å². The molecule has 0 fully saturated rings. The lowest BCUT2D eigenvalue weighted by Gasteiger charge is -2.24. The van der Waals surface area contributed by atoms with Gasteiger partial charge < -0.3 is 14.3 Å². The number of furan rings is 1. The van der Waals surface area contributed by atoms with Gasteiger partial charge in [0.15, 0.2) is 0 Å². The van der Waals surface area contributed by atoms with Crippen molar-refractivity contribution in [1.82, 2.24) is 4.90 Å². The Labute approximate surface area is 166 Å². The number of benzene rings is 1. The fourth-order valence-electron chi connectivity index (χ4n) is 3.19. The smallest absolute Gasteiger partial charge is 0.136 e. The zero-order valence-corrected chi connectivity index (χ0v) is 16.6. The fourth-order valence-corrected chi connectivity index (χ4v) is 3.19. The highest BCUT2D eigenvalue weighted by Crippen LogP contribution is 2.31. The fraction of sp³-hybridized carbons (Fsp3) is 0.391. The molecule has 1 heterocycles. The van der Waals surface area contributed by atoms with Crippen LogP contribution in [0.15, 0.2) is 66.1 Å². The second-order valence-corrected chi connectivity index (χ2v) is 6.97. The molecule has 152 valence electrons. The van der Waals surface area contributed by atoms with Gasteiger partial charge in [-0.2, -0.15) is 0 Å². The van der Waals surface area contributed by atoms with E-state index in [1.54, 1.807) is 31.4 Å². The van der Waals surface area contributed by atoms with Crippen molar-refractivity contribution in [1.29, 1.82) is 0 Å². The highest BCUT2D eigenvalue weighted by atomic mass is 19.1. The number of hydrogen-bond acceptors (Lipinski definition) is 4. The van der Waals surface area contributed by atoms with Gasteiger partial charge in [-0.1, -0.05) is 24.3 Å². The molecular formula is C23H30FNO3. The maximum atomic E-state index is 13.2. The van der Waals surface area contributed by atoms with Crippen LogP contribution in [0.1, 0.15) is 36.3 Å². The van der Waals surface area contributed by atoms with Crippen LogP contribution in [0.5, 0.6) is 0 Å². The predicted molar refractivity (Wildman–Crippen MR) is 109 cm³/mol. The van der Waals surface area contributed by atoms with Gasteiger partial charge in [0.05, 0.1) is 6.54 Å². The molecule has 2 aromatic rings. The van der Waals surface area contributed by atoms with Crippen LogP contribution < -0.4 is 0 Å². The first-order valence-electron chi connectivity index (χ1n) is 9.50.